The van der Waals surface area contributed by atoms with E-state index >= 15 is 0 Å². The normalized spacial score (nSPS) is 18.7. The summed E-state index contributed by atoms with van der Waals surface area (Å²) in [6, 6.07) is 4.58. The minimum atomic E-state index is -3.49. The van der Waals surface area contributed by atoms with Crippen molar-refractivity contribution in [1.82, 2.24) is 9.21 Å². The highest BCUT2D eigenvalue weighted by Crippen LogP contribution is 2.27. The fourth-order valence-electron chi connectivity index (χ4n) is 2.26. The Labute approximate surface area is 120 Å². The van der Waals surface area contributed by atoms with Gasteiger partial charge >= 0.3 is 0 Å². The van der Waals surface area contributed by atoms with E-state index in [-0.39, 0.29) is 4.90 Å². The highest BCUT2D eigenvalue weighted by molar-refractivity contribution is 7.89. The fraction of sp³-hybridized carbons (Fsp3) is 0.538. The van der Waals surface area contributed by atoms with Crippen molar-refractivity contribution in [1.29, 1.82) is 0 Å². The molecule has 0 aliphatic carbocycles. The van der Waals surface area contributed by atoms with Crippen molar-refractivity contribution in [3.63, 3.8) is 0 Å². The molecular weight excluding hydrogens is 278 g/mol. The van der Waals surface area contributed by atoms with Gasteiger partial charge in [-0.05, 0) is 32.1 Å². The van der Waals surface area contributed by atoms with Crippen LogP contribution in [0.2, 0.25) is 0 Å². The molecule has 7 heteroatoms. The summed E-state index contributed by atoms with van der Waals surface area (Å²) in [5.41, 5.74) is 6.16. The second-order valence-corrected chi connectivity index (χ2v) is 6.90. The van der Waals surface area contributed by atoms with Crippen molar-refractivity contribution >= 4 is 15.7 Å². The van der Waals surface area contributed by atoms with Crippen molar-refractivity contribution in [3.05, 3.63) is 18.2 Å². The highest BCUT2D eigenvalue weighted by Gasteiger charge is 2.26. The van der Waals surface area contributed by atoms with Gasteiger partial charge in [0.1, 0.15) is 5.75 Å². The molecule has 1 fully saturated rings. The number of anilines is 1. The maximum Gasteiger partial charge on any atom is 0.243 e. The van der Waals surface area contributed by atoms with Gasteiger partial charge in [0.15, 0.2) is 0 Å². The molecule has 0 aromatic heterocycles. The van der Waals surface area contributed by atoms with Crippen LogP contribution in [0.5, 0.6) is 5.75 Å². The average Bonchev–Trinajstić information content (AvgIpc) is 2.64. The van der Waals surface area contributed by atoms with Gasteiger partial charge in [-0.1, -0.05) is 0 Å². The molecule has 0 unspecified atom stereocenters. The Hall–Kier alpha value is -1.31. The molecule has 0 amide bonds. The zero-order valence-corrected chi connectivity index (χ0v) is 12.7. The Morgan fingerprint density at radius 1 is 1.20 bits per heavy atom. The Morgan fingerprint density at radius 3 is 2.65 bits per heavy atom. The summed E-state index contributed by atoms with van der Waals surface area (Å²) in [5.74, 6) is 0.387. The standard InChI is InChI=1S/C13H21N3O3S/c1-15-6-3-7-16(9-8-15)20(17,18)11-4-5-12(14)13(10-11)19-2/h4-5,10H,3,6-9,14H2,1-2H3. The molecule has 0 radical (unpaired) electrons. The topological polar surface area (TPSA) is 75.9 Å². The lowest BCUT2D eigenvalue weighted by atomic mass is 10.3. The first-order chi connectivity index (χ1) is 9.45. The Balaban J connectivity index is 2.29. The molecule has 1 aromatic carbocycles. The van der Waals surface area contributed by atoms with E-state index in [1.165, 1.54) is 23.5 Å². The lowest BCUT2D eigenvalue weighted by Gasteiger charge is -2.20. The number of nitrogens with two attached hydrogens (primary N) is 1. The molecule has 0 spiro atoms. The highest BCUT2D eigenvalue weighted by atomic mass is 32.2. The van der Waals surface area contributed by atoms with Gasteiger partial charge in [0.2, 0.25) is 10.0 Å². The second kappa shape index (κ2) is 5.99. The van der Waals surface area contributed by atoms with Crippen LogP contribution < -0.4 is 10.5 Å². The van der Waals surface area contributed by atoms with Crippen LogP contribution in [0.25, 0.3) is 0 Å². The van der Waals surface area contributed by atoms with E-state index in [2.05, 4.69) is 4.90 Å². The molecule has 112 valence electrons. The van der Waals surface area contributed by atoms with Crippen LogP contribution >= 0.6 is 0 Å². The molecule has 2 rings (SSSR count). The van der Waals surface area contributed by atoms with Crippen molar-refractivity contribution < 1.29 is 13.2 Å². The van der Waals surface area contributed by atoms with E-state index in [1.807, 2.05) is 7.05 Å². The van der Waals surface area contributed by atoms with Gasteiger partial charge in [0, 0.05) is 25.7 Å². The molecule has 1 aliphatic heterocycles. The maximum absolute atomic E-state index is 12.6. The molecule has 1 saturated heterocycles. The fourth-order valence-corrected chi connectivity index (χ4v) is 3.75. The number of benzene rings is 1. The van der Waals surface area contributed by atoms with Crippen LogP contribution in [-0.4, -0.2) is 58.0 Å². The van der Waals surface area contributed by atoms with Gasteiger partial charge in [0.05, 0.1) is 17.7 Å². The number of likely N-dealkylation sites (N-methyl/N-ethyl adjacent to an activating group) is 1. The number of methoxy groups -OCH3 is 1. The van der Waals surface area contributed by atoms with Crippen molar-refractivity contribution in [2.24, 2.45) is 0 Å². The monoisotopic (exact) mass is 299 g/mol. The van der Waals surface area contributed by atoms with Gasteiger partial charge in [0.25, 0.3) is 0 Å². The summed E-state index contributed by atoms with van der Waals surface area (Å²) >= 11 is 0. The number of nitrogen functional groups attached to an aromatic ring is 1. The zero-order chi connectivity index (χ0) is 14.8. The first kappa shape index (κ1) is 15.1. The molecule has 0 atom stereocenters. The average molecular weight is 299 g/mol. The first-order valence-corrected chi connectivity index (χ1v) is 8.01. The Bertz CT molecular complexity index is 574. The van der Waals surface area contributed by atoms with E-state index in [9.17, 15) is 8.42 Å². The first-order valence-electron chi connectivity index (χ1n) is 6.57. The summed E-state index contributed by atoms with van der Waals surface area (Å²) in [5, 5.41) is 0. The summed E-state index contributed by atoms with van der Waals surface area (Å²) in [6.07, 6.45) is 0.835. The smallest absolute Gasteiger partial charge is 0.243 e. The third kappa shape index (κ3) is 3.05. The summed E-state index contributed by atoms with van der Waals surface area (Å²) in [7, 11) is -0.00951. The molecule has 6 nitrogen and oxygen atoms in total. The van der Waals surface area contributed by atoms with E-state index in [1.54, 1.807) is 6.07 Å². The van der Waals surface area contributed by atoms with Crippen molar-refractivity contribution in [2.75, 3.05) is 46.1 Å². The third-order valence-corrected chi connectivity index (χ3v) is 5.42. The van der Waals surface area contributed by atoms with Gasteiger partial charge in [-0.2, -0.15) is 4.31 Å². The number of sulfonamides is 1. The van der Waals surface area contributed by atoms with Crippen LogP contribution in [0.4, 0.5) is 5.69 Å². The number of ether oxygens (including phenoxy) is 1. The SMILES string of the molecule is COc1cc(S(=O)(=O)N2CCCN(C)CC2)ccc1N. The number of hydrogen-bond donors (Lipinski definition) is 1. The van der Waals surface area contributed by atoms with Gasteiger partial charge in [-0.3, -0.25) is 0 Å². The van der Waals surface area contributed by atoms with Crippen LogP contribution in [0.15, 0.2) is 23.1 Å². The van der Waals surface area contributed by atoms with Crippen molar-refractivity contribution in [3.8, 4) is 5.75 Å². The largest absolute Gasteiger partial charge is 0.495 e. The van der Waals surface area contributed by atoms with Crippen LogP contribution in [-0.2, 0) is 10.0 Å². The van der Waals surface area contributed by atoms with Crippen LogP contribution in [0.3, 0.4) is 0 Å². The van der Waals surface area contributed by atoms with Crippen LogP contribution in [0.1, 0.15) is 6.42 Å². The second-order valence-electron chi connectivity index (χ2n) is 4.96. The summed E-state index contributed by atoms with van der Waals surface area (Å²) in [4.78, 5) is 2.37. The molecule has 1 aromatic rings. The molecule has 1 aliphatic rings. The third-order valence-electron chi connectivity index (χ3n) is 3.52. The Morgan fingerprint density at radius 2 is 1.95 bits per heavy atom. The number of hydrogen-bond acceptors (Lipinski definition) is 5. The van der Waals surface area contributed by atoms with E-state index < -0.39 is 10.0 Å². The molecule has 2 N–H and O–H groups in total. The minimum absolute atomic E-state index is 0.230. The molecule has 20 heavy (non-hydrogen) atoms. The van der Waals surface area contributed by atoms with Gasteiger partial charge in [-0.25, -0.2) is 8.42 Å². The van der Waals surface area contributed by atoms with Gasteiger partial charge in [-0.15, -0.1) is 0 Å². The predicted octanol–water partition coefficient (Wildman–Crippen LogP) is 0.604. The van der Waals surface area contributed by atoms with E-state index in [0.717, 1.165) is 19.5 Å². The van der Waals surface area contributed by atoms with Crippen LogP contribution in [0, 0.1) is 0 Å². The lowest BCUT2D eigenvalue weighted by Crippen LogP contribution is -2.34. The molecule has 0 bridgehead atoms. The van der Waals surface area contributed by atoms with E-state index in [0.29, 0.717) is 24.5 Å². The molecular formula is C13H21N3O3S. The molecule has 1 heterocycles. The van der Waals surface area contributed by atoms with E-state index in [4.69, 9.17) is 10.5 Å². The summed E-state index contributed by atoms with van der Waals surface area (Å²) < 4.78 is 31.9. The summed E-state index contributed by atoms with van der Waals surface area (Å²) in [6.45, 7) is 2.70. The number of nitrogens with zero attached hydrogens (tertiary/aromatic N) is 2. The van der Waals surface area contributed by atoms with Crippen molar-refractivity contribution in [2.45, 2.75) is 11.3 Å². The number of rotatable bonds is 3. The lowest BCUT2D eigenvalue weighted by molar-refractivity contribution is 0.347. The maximum atomic E-state index is 12.6. The molecule has 0 saturated carbocycles. The van der Waals surface area contributed by atoms with Gasteiger partial charge < -0.3 is 15.4 Å². The predicted molar refractivity (Wildman–Crippen MR) is 78.3 cm³/mol. The quantitative estimate of drug-likeness (QED) is 0.827. The minimum Gasteiger partial charge on any atom is -0.495 e. The Kier molecular flexibility index (Phi) is 4.52. The zero-order valence-electron chi connectivity index (χ0n) is 11.9.